The molecule has 0 spiro atoms. The molecule has 0 aliphatic heterocycles. The predicted octanol–water partition coefficient (Wildman–Crippen LogP) is 2.10. The number of nitrogens with zero attached hydrogens (tertiary/aromatic N) is 1. The zero-order chi connectivity index (χ0) is 8.97. The standard InChI is InChI=1S/C8H10BrNOS/c1-10(8(11)4-9)5-7-2-3-12-6-7/h2-3,6H,4-5H2,1H3. The Balaban J connectivity index is 2.47. The Morgan fingerprint density at radius 3 is 3.00 bits per heavy atom. The summed E-state index contributed by atoms with van der Waals surface area (Å²) in [6.07, 6.45) is 0. The number of carbonyl (C=O) groups is 1. The zero-order valence-corrected chi connectivity index (χ0v) is 9.19. The summed E-state index contributed by atoms with van der Waals surface area (Å²) in [7, 11) is 1.81. The van der Waals surface area contributed by atoms with Crippen LogP contribution in [0.25, 0.3) is 0 Å². The van der Waals surface area contributed by atoms with Crippen LogP contribution in [0.4, 0.5) is 0 Å². The van der Waals surface area contributed by atoms with E-state index in [-0.39, 0.29) is 5.91 Å². The van der Waals surface area contributed by atoms with Crippen LogP contribution >= 0.6 is 27.3 Å². The largest absolute Gasteiger partial charge is 0.341 e. The van der Waals surface area contributed by atoms with Crippen LogP contribution in [0.15, 0.2) is 16.8 Å². The van der Waals surface area contributed by atoms with E-state index < -0.39 is 0 Å². The highest BCUT2D eigenvalue weighted by Gasteiger charge is 2.06. The van der Waals surface area contributed by atoms with Crippen molar-refractivity contribution >= 4 is 33.2 Å². The summed E-state index contributed by atoms with van der Waals surface area (Å²) in [6.45, 7) is 0.702. The van der Waals surface area contributed by atoms with E-state index in [2.05, 4.69) is 21.3 Å². The summed E-state index contributed by atoms with van der Waals surface area (Å²) in [4.78, 5) is 12.8. The minimum absolute atomic E-state index is 0.112. The van der Waals surface area contributed by atoms with Crippen molar-refractivity contribution in [3.05, 3.63) is 22.4 Å². The minimum Gasteiger partial charge on any atom is -0.341 e. The molecule has 0 aromatic carbocycles. The molecule has 0 atom stereocenters. The van der Waals surface area contributed by atoms with Gasteiger partial charge in [0.2, 0.25) is 5.91 Å². The molecule has 1 heterocycles. The molecule has 12 heavy (non-hydrogen) atoms. The summed E-state index contributed by atoms with van der Waals surface area (Å²) in [5.74, 6) is 0.112. The van der Waals surface area contributed by atoms with Crippen LogP contribution in [0.1, 0.15) is 5.56 Å². The first-order valence-corrected chi connectivity index (χ1v) is 5.61. The first-order valence-electron chi connectivity index (χ1n) is 3.55. The molecule has 0 fully saturated rings. The van der Waals surface area contributed by atoms with Crippen LogP contribution in [-0.4, -0.2) is 23.2 Å². The average Bonchev–Trinajstić information content (AvgIpc) is 2.55. The second-order valence-corrected chi connectivity index (χ2v) is 3.86. The van der Waals surface area contributed by atoms with Gasteiger partial charge in [0.15, 0.2) is 0 Å². The highest BCUT2D eigenvalue weighted by Crippen LogP contribution is 2.08. The lowest BCUT2D eigenvalue weighted by Crippen LogP contribution is -2.26. The number of rotatable bonds is 3. The number of thiophene rings is 1. The first-order chi connectivity index (χ1) is 5.74. The molecule has 0 aliphatic carbocycles. The maximum Gasteiger partial charge on any atom is 0.233 e. The molecule has 0 radical (unpaired) electrons. The van der Waals surface area contributed by atoms with Gasteiger partial charge in [0.05, 0.1) is 5.33 Å². The lowest BCUT2D eigenvalue weighted by Gasteiger charge is -2.14. The molecule has 0 N–H and O–H groups in total. The molecule has 0 unspecified atom stereocenters. The van der Waals surface area contributed by atoms with Crippen molar-refractivity contribution in [2.24, 2.45) is 0 Å². The number of alkyl halides is 1. The van der Waals surface area contributed by atoms with E-state index in [0.29, 0.717) is 11.9 Å². The third-order valence-electron chi connectivity index (χ3n) is 1.54. The molecule has 1 amide bonds. The topological polar surface area (TPSA) is 20.3 Å². The fraction of sp³-hybridized carbons (Fsp3) is 0.375. The summed E-state index contributed by atoms with van der Waals surface area (Å²) in [5.41, 5.74) is 1.19. The Morgan fingerprint density at radius 1 is 1.75 bits per heavy atom. The summed E-state index contributed by atoms with van der Waals surface area (Å²) >= 11 is 4.78. The van der Waals surface area contributed by atoms with Gasteiger partial charge in [0.25, 0.3) is 0 Å². The number of hydrogen-bond acceptors (Lipinski definition) is 2. The van der Waals surface area contributed by atoms with Gasteiger partial charge in [-0.25, -0.2) is 0 Å². The van der Waals surface area contributed by atoms with Gasteiger partial charge in [-0.05, 0) is 22.4 Å². The van der Waals surface area contributed by atoms with Crippen molar-refractivity contribution in [3.8, 4) is 0 Å². The van der Waals surface area contributed by atoms with E-state index >= 15 is 0 Å². The molecule has 4 heteroatoms. The molecule has 1 rings (SSSR count). The van der Waals surface area contributed by atoms with Gasteiger partial charge < -0.3 is 4.90 Å². The lowest BCUT2D eigenvalue weighted by atomic mass is 10.3. The van der Waals surface area contributed by atoms with E-state index in [1.54, 1.807) is 23.3 Å². The Kier molecular flexibility index (Phi) is 3.75. The van der Waals surface area contributed by atoms with E-state index in [0.717, 1.165) is 0 Å². The quantitative estimate of drug-likeness (QED) is 0.750. The first kappa shape index (κ1) is 9.74. The van der Waals surface area contributed by atoms with Gasteiger partial charge in [-0.15, -0.1) is 0 Å². The van der Waals surface area contributed by atoms with Gasteiger partial charge in [-0.2, -0.15) is 11.3 Å². The maximum absolute atomic E-state index is 11.1. The molecule has 0 saturated carbocycles. The van der Waals surface area contributed by atoms with Crippen LogP contribution < -0.4 is 0 Å². The van der Waals surface area contributed by atoms with Gasteiger partial charge in [-0.3, -0.25) is 4.79 Å². The summed E-state index contributed by atoms with van der Waals surface area (Å²) < 4.78 is 0. The monoisotopic (exact) mass is 247 g/mol. The fourth-order valence-electron chi connectivity index (χ4n) is 0.847. The highest BCUT2D eigenvalue weighted by molar-refractivity contribution is 9.09. The van der Waals surface area contributed by atoms with Crippen molar-refractivity contribution in [2.75, 3.05) is 12.4 Å². The van der Waals surface area contributed by atoms with Crippen molar-refractivity contribution in [1.82, 2.24) is 4.90 Å². The van der Waals surface area contributed by atoms with E-state index in [1.807, 2.05) is 11.4 Å². The second-order valence-electron chi connectivity index (χ2n) is 2.52. The van der Waals surface area contributed by atoms with E-state index in [1.165, 1.54) is 5.56 Å². The van der Waals surface area contributed by atoms with Crippen molar-refractivity contribution < 1.29 is 4.79 Å². The normalized spacial score (nSPS) is 9.83. The molecule has 0 aliphatic rings. The number of carbonyl (C=O) groups excluding carboxylic acids is 1. The van der Waals surface area contributed by atoms with Crippen LogP contribution in [0.5, 0.6) is 0 Å². The molecule has 0 bridgehead atoms. The molecule has 1 aromatic rings. The SMILES string of the molecule is CN(Cc1ccsc1)C(=O)CBr. The van der Waals surface area contributed by atoms with Crippen molar-refractivity contribution in [2.45, 2.75) is 6.54 Å². The zero-order valence-electron chi connectivity index (χ0n) is 6.79. The Labute approximate surface area is 84.3 Å². The molecule has 1 aromatic heterocycles. The summed E-state index contributed by atoms with van der Waals surface area (Å²) in [5, 5.41) is 4.47. The van der Waals surface area contributed by atoms with Gasteiger partial charge in [0.1, 0.15) is 0 Å². The minimum atomic E-state index is 0.112. The van der Waals surface area contributed by atoms with Gasteiger partial charge >= 0.3 is 0 Å². The van der Waals surface area contributed by atoms with Crippen molar-refractivity contribution in [1.29, 1.82) is 0 Å². The number of amides is 1. The average molecular weight is 248 g/mol. The van der Waals surface area contributed by atoms with Gasteiger partial charge in [-0.1, -0.05) is 15.9 Å². The maximum atomic E-state index is 11.1. The van der Waals surface area contributed by atoms with Crippen LogP contribution in [0, 0.1) is 0 Å². The van der Waals surface area contributed by atoms with Gasteiger partial charge in [0, 0.05) is 13.6 Å². The fourth-order valence-corrected chi connectivity index (χ4v) is 1.93. The molecule has 2 nitrogen and oxygen atoms in total. The van der Waals surface area contributed by atoms with Crippen molar-refractivity contribution in [3.63, 3.8) is 0 Å². The smallest absolute Gasteiger partial charge is 0.233 e. The van der Waals surface area contributed by atoms with E-state index in [9.17, 15) is 4.79 Å². The Bertz CT molecular complexity index is 248. The lowest BCUT2D eigenvalue weighted by molar-refractivity contribution is -0.127. The molecular formula is C8H10BrNOS. The highest BCUT2D eigenvalue weighted by atomic mass is 79.9. The number of halogens is 1. The Morgan fingerprint density at radius 2 is 2.50 bits per heavy atom. The van der Waals surface area contributed by atoms with Crippen LogP contribution in [-0.2, 0) is 11.3 Å². The third kappa shape index (κ3) is 2.60. The summed E-state index contributed by atoms with van der Waals surface area (Å²) in [6, 6.07) is 2.03. The predicted molar refractivity (Wildman–Crippen MR) is 54.6 cm³/mol. The van der Waals surface area contributed by atoms with Crippen LogP contribution in [0.2, 0.25) is 0 Å². The third-order valence-corrected chi connectivity index (χ3v) is 2.75. The number of hydrogen-bond donors (Lipinski definition) is 0. The Hall–Kier alpha value is -0.350. The van der Waals surface area contributed by atoms with Crippen LogP contribution in [0.3, 0.4) is 0 Å². The van der Waals surface area contributed by atoms with E-state index in [4.69, 9.17) is 0 Å². The molecule has 0 saturated heterocycles. The second kappa shape index (κ2) is 4.62. The molecule has 66 valence electrons. The molecular weight excluding hydrogens is 238 g/mol.